The highest BCUT2D eigenvalue weighted by atomic mass is 15.0. The molecule has 0 radical (unpaired) electrons. The van der Waals surface area contributed by atoms with Crippen LogP contribution in [0.5, 0.6) is 0 Å². The molecule has 1 nitrogen and oxygen atoms in total. The van der Waals surface area contributed by atoms with E-state index in [-0.39, 0.29) is 5.54 Å². The minimum atomic E-state index is 0.255. The second-order valence-corrected chi connectivity index (χ2v) is 7.07. The van der Waals surface area contributed by atoms with Crippen LogP contribution in [0.2, 0.25) is 0 Å². The zero-order chi connectivity index (χ0) is 12.4. The average Bonchev–Trinajstić information content (AvgIpc) is 2.77. The Morgan fingerprint density at radius 2 is 1.82 bits per heavy atom. The molecule has 0 aliphatic heterocycles. The van der Waals surface area contributed by atoms with E-state index >= 15 is 0 Å². The zero-order valence-corrected chi connectivity index (χ0v) is 11.9. The van der Waals surface area contributed by atoms with Gasteiger partial charge in [-0.15, -0.1) is 0 Å². The molecule has 1 saturated carbocycles. The number of allylic oxidation sites excluding steroid dienone is 1. The van der Waals surface area contributed by atoms with Gasteiger partial charge in [-0.3, -0.25) is 0 Å². The van der Waals surface area contributed by atoms with Crippen molar-refractivity contribution < 1.29 is 0 Å². The van der Waals surface area contributed by atoms with Gasteiger partial charge in [0.05, 0.1) is 0 Å². The lowest BCUT2D eigenvalue weighted by molar-refractivity contribution is 0.281. The van der Waals surface area contributed by atoms with Gasteiger partial charge in [0, 0.05) is 17.5 Å². The summed E-state index contributed by atoms with van der Waals surface area (Å²) in [6, 6.07) is 0. The van der Waals surface area contributed by atoms with Crippen molar-refractivity contribution in [2.24, 2.45) is 5.41 Å². The molecule has 0 bridgehead atoms. The first-order valence-corrected chi connectivity index (χ1v) is 7.46. The van der Waals surface area contributed by atoms with E-state index in [1.165, 1.54) is 57.9 Å². The van der Waals surface area contributed by atoms with Crippen LogP contribution >= 0.6 is 0 Å². The fourth-order valence-corrected chi connectivity index (χ4v) is 3.42. The molecule has 0 saturated heterocycles. The van der Waals surface area contributed by atoms with Crippen LogP contribution < -0.4 is 5.32 Å². The Bertz CT molecular complexity index is 276. The molecular weight excluding hydrogens is 206 g/mol. The molecule has 2 rings (SSSR count). The third-order valence-corrected chi connectivity index (χ3v) is 4.49. The van der Waals surface area contributed by atoms with Crippen molar-refractivity contribution in [1.82, 2.24) is 5.32 Å². The molecule has 0 atom stereocenters. The van der Waals surface area contributed by atoms with E-state index in [1.807, 2.05) is 0 Å². The Labute approximate surface area is 107 Å². The summed E-state index contributed by atoms with van der Waals surface area (Å²) in [5.41, 5.74) is 2.57. The van der Waals surface area contributed by atoms with E-state index in [9.17, 15) is 0 Å². The first kappa shape index (κ1) is 13.1. The topological polar surface area (TPSA) is 12.0 Å². The van der Waals surface area contributed by atoms with Gasteiger partial charge in [0.1, 0.15) is 0 Å². The molecule has 0 unspecified atom stereocenters. The van der Waals surface area contributed by atoms with Gasteiger partial charge in [0.2, 0.25) is 0 Å². The SMILES string of the molecule is CC(C)(C)NCC1(C2=CCCCC2)CCCC1. The van der Waals surface area contributed by atoms with Gasteiger partial charge in [-0.25, -0.2) is 0 Å². The molecule has 0 aromatic heterocycles. The largest absolute Gasteiger partial charge is 0.311 e. The van der Waals surface area contributed by atoms with Crippen LogP contribution in [0, 0.1) is 5.41 Å². The second kappa shape index (κ2) is 5.14. The second-order valence-electron chi connectivity index (χ2n) is 7.07. The minimum Gasteiger partial charge on any atom is -0.311 e. The summed E-state index contributed by atoms with van der Waals surface area (Å²) < 4.78 is 0. The molecule has 17 heavy (non-hydrogen) atoms. The van der Waals surface area contributed by atoms with Gasteiger partial charge < -0.3 is 5.32 Å². The van der Waals surface area contributed by atoms with Crippen molar-refractivity contribution in [3.8, 4) is 0 Å². The molecule has 0 aromatic rings. The number of hydrogen-bond acceptors (Lipinski definition) is 1. The van der Waals surface area contributed by atoms with E-state index in [4.69, 9.17) is 0 Å². The van der Waals surface area contributed by atoms with E-state index in [1.54, 1.807) is 5.57 Å². The monoisotopic (exact) mass is 235 g/mol. The van der Waals surface area contributed by atoms with E-state index in [2.05, 4.69) is 32.2 Å². The molecule has 1 fully saturated rings. The number of hydrogen-bond donors (Lipinski definition) is 1. The summed E-state index contributed by atoms with van der Waals surface area (Å²) >= 11 is 0. The van der Waals surface area contributed by atoms with E-state index in [0.29, 0.717) is 5.41 Å². The maximum atomic E-state index is 3.76. The van der Waals surface area contributed by atoms with Crippen LogP contribution in [-0.2, 0) is 0 Å². The number of rotatable bonds is 3. The molecule has 98 valence electrons. The number of nitrogens with one attached hydrogen (secondary N) is 1. The van der Waals surface area contributed by atoms with Gasteiger partial charge in [-0.2, -0.15) is 0 Å². The van der Waals surface area contributed by atoms with Crippen LogP contribution in [-0.4, -0.2) is 12.1 Å². The lowest BCUT2D eigenvalue weighted by Crippen LogP contribution is -2.44. The maximum absolute atomic E-state index is 3.76. The highest BCUT2D eigenvalue weighted by molar-refractivity contribution is 5.19. The summed E-state index contributed by atoms with van der Waals surface area (Å²) in [7, 11) is 0. The molecular formula is C16H29N. The molecule has 2 aliphatic carbocycles. The van der Waals surface area contributed by atoms with Crippen molar-refractivity contribution in [3.63, 3.8) is 0 Å². The third-order valence-electron chi connectivity index (χ3n) is 4.49. The Morgan fingerprint density at radius 3 is 2.35 bits per heavy atom. The van der Waals surface area contributed by atoms with E-state index in [0.717, 1.165) is 0 Å². The van der Waals surface area contributed by atoms with Crippen LogP contribution in [0.4, 0.5) is 0 Å². The lowest BCUT2D eigenvalue weighted by atomic mass is 9.73. The van der Waals surface area contributed by atoms with Gasteiger partial charge in [-0.1, -0.05) is 24.5 Å². The third kappa shape index (κ3) is 3.34. The maximum Gasteiger partial charge on any atom is 0.00968 e. The molecule has 0 heterocycles. The summed E-state index contributed by atoms with van der Waals surface area (Å²) in [6.07, 6.45) is 13.8. The normalized spacial score (nSPS) is 24.8. The van der Waals surface area contributed by atoms with Crippen molar-refractivity contribution in [3.05, 3.63) is 11.6 Å². The fraction of sp³-hybridized carbons (Fsp3) is 0.875. The van der Waals surface area contributed by atoms with Crippen LogP contribution in [0.25, 0.3) is 0 Å². The molecule has 0 spiro atoms. The van der Waals surface area contributed by atoms with E-state index < -0.39 is 0 Å². The summed E-state index contributed by atoms with van der Waals surface area (Å²) in [4.78, 5) is 0. The summed E-state index contributed by atoms with van der Waals surface area (Å²) in [5.74, 6) is 0. The highest BCUT2D eigenvalue weighted by Gasteiger charge is 2.37. The summed E-state index contributed by atoms with van der Waals surface area (Å²) in [6.45, 7) is 8.04. The Morgan fingerprint density at radius 1 is 1.12 bits per heavy atom. The Balaban J connectivity index is 2.06. The quantitative estimate of drug-likeness (QED) is 0.713. The van der Waals surface area contributed by atoms with Crippen molar-refractivity contribution >= 4 is 0 Å². The molecule has 1 heteroatoms. The van der Waals surface area contributed by atoms with Gasteiger partial charge in [-0.05, 0) is 59.3 Å². The Kier molecular flexibility index (Phi) is 3.97. The van der Waals surface area contributed by atoms with Gasteiger partial charge in [0.15, 0.2) is 0 Å². The molecule has 1 N–H and O–H groups in total. The molecule has 0 amide bonds. The predicted octanol–water partition coefficient (Wildman–Crippen LogP) is 4.44. The van der Waals surface area contributed by atoms with Crippen molar-refractivity contribution in [1.29, 1.82) is 0 Å². The fourth-order valence-electron chi connectivity index (χ4n) is 3.42. The Hall–Kier alpha value is -0.300. The minimum absolute atomic E-state index is 0.255. The first-order valence-electron chi connectivity index (χ1n) is 7.46. The summed E-state index contributed by atoms with van der Waals surface area (Å²) in [5, 5.41) is 3.76. The standard InChI is InChI=1S/C16H29N/c1-15(2,3)17-13-16(11-7-8-12-16)14-9-5-4-6-10-14/h9,17H,4-8,10-13H2,1-3H3. The van der Waals surface area contributed by atoms with Crippen LogP contribution in [0.3, 0.4) is 0 Å². The first-order chi connectivity index (χ1) is 8.02. The molecule has 0 aromatic carbocycles. The van der Waals surface area contributed by atoms with Gasteiger partial charge >= 0.3 is 0 Å². The molecule has 2 aliphatic rings. The average molecular weight is 235 g/mol. The predicted molar refractivity (Wildman–Crippen MR) is 75.2 cm³/mol. The highest BCUT2D eigenvalue weighted by Crippen LogP contribution is 2.47. The lowest BCUT2D eigenvalue weighted by Gasteiger charge is -2.37. The zero-order valence-electron chi connectivity index (χ0n) is 11.9. The van der Waals surface area contributed by atoms with Crippen LogP contribution in [0.15, 0.2) is 11.6 Å². The van der Waals surface area contributed by atoms with Gasteiger partial charge in [0.25, 0.3) is 0 Å². The van der Waals surface area contributed by atoms with Crippen LogP contribution in [0.1, 0.15) is 72.1 Å². The smallest absolute Gasteiger partial charge is 0.00968 e. The van der Waals surface area contributed by atoms with Crippen molar-refractivity contribution in [2.75, 3.05) is 6.54 Å². The van der Waals surface area contributed by atoms with Crippen molar-refractivity contribution in [2.45, 2.75) is 77.7 Å².